The Morgan fingerprint density at radius 2 is 2.24 bits per heavy atom. The lowest BCUT2D eigenvalue weighted by molar-refractivity contribution is 0.174. The zero-order valence-electron chi connectivity index (χ0n) is 9.82. The standard InChI is InChI=1S/C14H18FNO/c1-2-3-4-5-9-16-11-14(17)12-7-6-8-13(15)10-12/h1,6-8,10,14,16-17H,3-5,9,11H2. The molecule has 1 rings (SSSR count). The quantitative estimate of drug-likeness (QED) is 0.561. The van der Waals surface area contributed by atoms with Crippen molar-refractivity contribution in [3.8, 4) is 12.3 Å². The minimum absolute atomic E-state index is 0.324. The van der Waals surface area contributed by atoms with E-state index >= 15 is 0 Å². The van der Waals surface area contributed by atoms with Crippen molar-refractivity contribution in [2.75, 3.05) is 13.1 Å². The van der Waals surface area contributed by atoms with E-state index in [2.05, 4.69) is 11.2 Å². The smallest absolute Gasteiger partial charge is 0.123 e. The second-order valence-corrected chi connectivity index (χ2v) is 3.94. The average Bonchev–Trinajstić information content (AvgIpc) is 2.33. The van der Waals surface area contributed by atoms with Crippen LogP contribution in [0.3, 0.4) is 0 Å². The van der Waals surface area contributed by atoms with Crippen LogP contribution in [0.15, 0.2) is 24.3 Å². The molecule has 17 heavy (non-hydrogen) atoms. The van der Waals surface area contributed by atoms with Crippen LogP contribution in [0.25, 0.3) is 0 Å². The molecule has 0 bridgehead atoms. The fourth-order valence-corrected chi connectivity index (χ4v) is 1.55. The Bertz CT molecular complexity index is 373. The first-order chi connectivity index (χ1) is 8.24. The zero-order valence-corrected chi connectivity index (χ0v) is 9.82. The lowest BCUT2D eigenvalue weighted by Gasteiger charge is -2.12. The number of halogens is 1. The molecule has 0 aliphatic carbocycles. The van der Waals surface area contributed by atoms with E-state index in [-0.39, 0.29) is 5.82 Å². The van der Waals surface area contributed by atoms with Gasteiger partial charge in [-0.25, -0.2) is 4.39 Å². The molecule has 0 amide bonds. The molecule has 0 saturated heterocycles. The summed E-state index contributed by atoms with van der Waals surface area (Å²) in [6.45, 7) is 1.24. The molecule has 3 heteroatoms. The topological polar surface area (TPSA) is 32.3 Å². The number of unbranched alkanes of at least 4 members (excludes halogenated alkanes) is 2. The van der Waals surface area contributed by atoms with Gasteiger partial charge in [0.05, 0.1) is 6.10 Å². The van der Waals surface area contributed by atoms with Gasteiger partial charge < -0.3 is 10.4 Å². The molecule has 0 radical (unpaired) electrons. The van der Waals surface area contributed by atoms with Crippen molar-refractivity contribution in [1.29, 1.82) is 0 Å². The van der Waals surface area contributed by atoms with Gasteiger partial charge in [0.15, 0.2) is 0 Å². The van der Waals surface area contributed by atoms with Crippen molar-refractivity contribution in [1.82, 2.24) is 5.32 Å². The maximum Gasteiger partial charge on any atom is 0.123 e. The van der Waals surface area contributed by atoms with Crippen LogP contribution >= 0.6 is 0 Å². The van der Waals surface area contributed by atoms with Crippen LogP contribution in [0.5, 0.6) is 0 Å². The van der Waals surface area contributed by atoms with E-state index in [0.717, 1.165) is 25.8 Å². The van der Waals surface area contributed by atoms with Crippen molar-refractivity contribution >= 4 is 0 Å². The molecule has 0 spiro atoms. The Morgan fingerprint density at radius 1 is 1.41 bits per heavy atom. The molecule has 1 atom stereocenters. The molecule has 0 saturated carbocycles. The van der Waals surface area contributed by atoms with Gasteiger partial charge in [0.2, 0.25) is 0 Å². The maximum atomic E-state index is 12.9. The highest BCUT2D eigenvalue weighted by atomic mass is 19.1. The fraction of sp³-hybridized carbons (Fsp3) is 0.429. The van der Waals surface area contributed by atoms with Gasteiger partial charge in [-0.2, -0.15) is 0 Å². The van der Waals surface area contributed by atoms with E-state index < -0.39 is 6.10 Å². The summed E-state index contributed by atoms with van der Waals surface area (Å²) in [6.07, 6.45) is 7.23. The highest BCUT2D eigenvalue weighted by Gasteiger charge is 2.07. The number of rotatable bonds is 7. The van der Waals surface area contributed by atoms with Gasteiger partial charge in [-0.15, -0.1) is 12.3 Å². The van der Waals surface area contributed by atoms with Gasteiger partial charge in [0, 0.05) is 13.0 Å². The van der Waals surface area contributed by atoms with E-state index in [4.69, 9.17) is 6.42 Å². The summed E-state index contributed by atoms with van der Waals surface area (Å²) < 4.78 is 12.9. The van der Waals surface area contributed by atoms with Crippen molar-refractivity contribution in [2.24, 2.45) is 0 Å². The molecular formula is C14H18FNO. The second kappa shape index (κ2) is 7.83. The third-order valence-corrected chi connectivity index (χ3v) is 2.50. The zero-order chi connectivity index (χ0) is 12.5. The van der Waals surface area contributed by atoms with Crippen molar-refractivity contribution in [2.45, 2.75) is 25.4 Å². The van der Waals surface area contributed by atoms with Crippen LogP contribution in [0, 0.1) is 18.2 Å². The molecule has 92 valence electrons. The minimum Gasteiger partial charge on any atom is -0.387 e. The highest BCUT2D eigenvalue weighted by Crippen LogP contribution is 2.12. The number of terminal acetylenes is 1. The molecular weight excluding hydrogens is 217 g/mol. The third-order valence-electron chi connectivity index (χ3n) is 2.50. The Balaban J connectivity index is 2.21. The van der Waals surface area contributed by atoms with E-state index in [9.17, 15) is 9.50 Å². The van der Waals surface area contributed by atoms with Crippen LogP contribution in [0.2, 0.25) is 0 Å². The third kappa shape index (κ3) is 5.48. The first kappa shape index (κ1) is 13.7. The number of nitrogens with one attached hydrogen (secondary N) is 1. The van der Waals surface area contributed by atoms with Gasteiger partial charge >= 0.3 is 0 Å². The summed E-state index contributed by atoms with van der Waals surface area (Å²) in [5, 5.41) is 12.9. The molecule has 0 fully saturated rings. The first-order valence-electron chi connectivity index (χ1n) is 5.81. The Kier molecular flexibility index (Phi) is 6.31. The van der Waals surface area contributed by atoms with Crippen LogP contribution in [-0.2, 0) is 0 Å². The lowest BCUT2D eigenvalue weighted by Crippen LogP contribution is -2.22. The van der Waals surface area contributed by atoms with E-state index in [0.29, 0.717) is 12.1 Å². The van der Waals surface area contributed by atoms with Gasteiger partial charge in [-0.05, 0) is 37.1 Å². The Labute approximate surface area is 102 Å². The number of benzene rings is 1. The number of hydrogen-bond donors (Lipinski definition) is 2. The normalized spacial score (nSPS) is 12.1. The monoisotopic (exact) mass is 235 g/mol. The van der Waals surface area contributed by atoms with Crippen molar-refractivity contribution in [3.63, 3.8) is 0 Å². The number of hydrogen-bond acceptors (Lipinski definition) is 2. The molecule has 2 nitrogen and oxygen atoms in total. The predicted octanol–water partition coefficient (Wildman–Crippen LogP) is 2.25. The SMILES string of the molecule is C#CCCCCNCC(O)c1cccc(F)c1. The summed E-state index contributed by atoms with van der Waals surface area (Å²) >= 11 is 0. The minimum atomic E-state index is -0.668. The summed E-state index contributed by atoms with van der Waals surface area (Å²) in [6, 6.07) is 6.03. The van der Waals surface area contributed by atoms with E-state index in [1.807, 2.05) is 0 Å². The van der Waals surface area contributed by atoms with Crippen molar-refractivity contribution < 1.29 is 9.50 Å². The molecule has 1 unspecified atom stereocenters. The molecule has 0 aromatic heterocycles. The molecule has 1 aromatic carbocycles. The predicted molar refractivity (Wildman–Crippen MR) is 66.9 cm³/mol. The fourth-order valence-electron chi connectivity index (χ4n) is 1.55. The Hall–Kier alpha value is -1.37. The van der Waals surface area contributed by atoms with E-state index in [1.54, 1.807) is 12.1 Å². The second-order valence-electron chi connectivity index (χ2n) is 3.94. The Morgan fingerprint density at radius 3 is 2.94 bits per heavy atom. The maximum absolute atomic E-state index is 12.9. The van der Waals surface area contributed by atoms with Gasteiger partial charge in [-0.3, -0.25) is 0 Å². The van der Waals surface area contributed by atoms with Crippen LogP contribution in [-0.4, -0.2) is 18.2 Å². The van der Waals surface area contributed by atoms with Crippen LogP contribution < -0.4 is 5.32 Å². The average molecular weight is 235 g/mol. The summed E-state index contributed by atoms with van der Waals surface area (Å²) in [7, 11) is 0. The van der Waals surface area contributed by atoms with Gasteiger partial charge in [0.1, 0.15) is 5.82 Å². The number of aliphatic hydroxyl groups excluding tert-OH is 1. The molecule has 0 aliphatic rings. The first-order valence-corrected chi connectivity index (χ1v) is 5.81. The van der Waals surface area contributed by atoms with Gasteiger partial charge in [0.25, 0.3) is 0 Å². The van der Waals surface area contributed by atoms with E-state index in [1.165, 1.54) is 12.1 Å². The van der Waals surface area contributed by atoms with Crippen LogP contribution in [0.4, 0.5) is 4.39 Å². The number of aliphatic hydroxyl groups is 1. The largest absolute Gasteiger partial charge is 0.387 e. The summed E-state index contributed by atoms with van der Waals surface area (Å²) in [5.41, 5.74) is 0.598. The van der Waals surface area contributed by atoms with Crippen molar-refractivity contribution in [3.05, 3.63) is 35.6 Å². The lowest BCUT2D eigenvalue weighted by atomic mass is 10.1. The molecule has 0 aliphatic heterocycles. The highest BCUT2D eigenvalue weighted by molar-refractivity contribution is 5.18. The summed E-state index contributed by atoms with van der Waals surface area (Å²) in [5.74, 6) is 2.26. The molecule has 2 N–H and O–H groups in total. The summed E-state index contributed by atoms with van der Waals surface area (Å²) in [4.78, 5) is 0. The van der Waals surface area contributed by atoms with Gasteiger partial charge in [-0.1, -0.05) is 12.1 Å². The molecule has 1 aromatic rings. The molecule has 0 heterocycles. The van der Waals surface area contributed by atoms with Crippen LogP contribution in [0.1, 0.15) is 30.9 Å².